The van der Waals surface area contributed by atoms with Gasteiger partial charge in [0.2, 0.25) is 11.8 Å². The zero-order chi connectivity index (χ0) is 32.2. The maximum atomic E-state index is 14.4. The standard InChI is InChI=1S/C35H39N3O5S2/c1-4-36-35(40)33(24-27-12-8-6-9-13-27)37(25-28-14-10-7-11-15-28)34(39)26-38(29-16-18-30(19-17-29)43-5-2)45(41,42)32-22-20-31(44-3)21-23-32/h6-23,33H,4-5,24-26H2,1-3H3,(H,36,40). The minimum atomic E-state index is -4.19. The van der Waals surface area contributed by atoms with Crippen molar-refractivity contribution in [3.63, 3.8) is 0 Å². The van der Waals surface area contributed by atoms with Gasteiger partial charge >= 0.3 is 0 Å². The van der Waals surface area contributed by atoms with Crippen LogP contribution in [-0.4, -0.2) is 57.1 Å². The molecule has 0 aliphatic heterocycles. The predicted octanol–water partition coefficient (Wildman–Crippen LogP) is 5.78. The first-order chi connectivity index (χ1) is 21.8. The predicted molar refractivity (Wildman–Crippen MR) is 180 cm³/mol. The molecular weight excluding hydrogens is 607 g/mol. The number of carbonyl (C=O) groups is 2. The molecule has 0 aromatic heterocycles. The van der Waals surface area contributed by atoms with Gasteiger partial charge in [0.25, 0.3) is 10.0 Å². The summed E-state index contributed by atoms with van der Waals surface area (Å²) in [6.45, 7) is 4.13. The van der Waals surface area contributed by atoms with E-state index >= 15 is 0 Å². The summed E-state index contributed by atoms with van der Waals surface area (Å²) >= 11 is 1.50. The summed E-state index contributed by atoms with van der Waals surface area (Å²) < 4.78 is 35.1. The molecule has 0 saturated carbocycles. The molecule has 1 atom stereocenters. The van der Waals surface area contributed by atoms with E-state index < -0.39 is 28.5 Å². The van der Waals surface area contributed by atoms with Crippen molar-refractivity contribution in [1.29, 1.82) is 0 Å². The summed E-state index contributed by atoms with van der Waals surface area (Å²) in [4.78, 5) is 30.5. The van der Waals surface area contributed by atoms with Crippen LogP contribution in [0.25, 0.3) is 0 Å². The quantitative estimate of drug-likeness (QED) is 0.165. The number of nitrogens with zero attached hydrogens (tertiary/aromatic N) is 2. The summed E-state index contributed by atoms with van der Waals surface area (Å²) in [5.74, 6) is -0.239. The number of rotatable bonds is 15. The summed E-state index contributed by atoms with van der Waals surface area (Å²) in [5, 5.41) is 2.88. The molecule has 10 heteroatoms. The van der Waals surface area contributed by atoms with Gasteiger partial charge in [-0.3, -0.25) is 13.9 Å². The lowest BCUT2D eigenvalue weighted by Crippen LogP contribution is -2.53. The Morgan fingerprint density at radius 1 is 0.822 bits per heavy atom. The highest BCUT2D eigenvalue weighted by Crippen LogP contribution is 2.28. The molecule has 4 aromatic carbocycles. The van der Waals surface area contributed by atoms with Crippen LogP contribution in [0.1, 0.15) is 25.0 Å². The Balaban J connectivity index is 1.78. The first-order valence-corrected chi connectivity index (χ1v) is 17.5. The van der Waals surface area contributed by atoms with E-state index in [4.69, 9.17) is 4.74 Å². The van der Waals surface area contributed by atoms with Crippen LogP contribution in [0.15, 0.2) is 119 Å². The zero-order valence-electron chi connectivity index (χ0n) is 25.8. The molecule has 0 heterocycles. The van der Waals surface area contributed by atoms with Crippen LogP contribution < -0.4 is 14.4 Å². The fourth-order valence-electron chi connectivity index (χ4n) is 4.91. The fraction of sp³-hybridized carbons (Fsp3) is 0.257. The third-order valence-electron chi connectivity index (χ3n) is 7.18. The second-order valence-electron chi connectivity index (χ2n) is 10.2. The number of amides is 2. The van der Waals surface area contributed by atoms with E-state index in [0.717, 1.165) is 20.3 Å². The van der Waals surface area contributed by atoms with Crippen LogP contribution in [0.3, 0.4) is 0 Å². The first-order valence-electron chi connectivity index (χ1n) is 14.8. The van der Waals surface area contributed by atoms with Crippen LogP contribution in [0.2, 0.25) is 0 Å². The second kappa shape index (κ2) is 16.2. The van der Waals surface area contributed by atoms with Crippen molar-refractivity contribution in [3.8, 4) is 5.75 Å². The summed E-state index contributed by atoms with van der Waals surface area (Å²) in [6.07, 6.45) is 2.17. The highest BCUT2D eigenvalue weighted by molar-refractivity contribution is 7.98. The fourth-order valence-corrected chi connectivity index (χ4v) is 6.73. The molecule has 0 fully saturated rings. The van der Waals surface area contributed by atoms with E-state index in [2.05, 4.69) is 5.32 Å². The number of carbonyl (C=O) groups excluding carboxylic acids is 2. The molecule has 4 aromatic rings. The minimum absolute atomic E-state index is 0.0566. The number of likely N-dealkylation sites (N-methyl/N-ethyl adjacent to an activating group) is 1. The zero-order valence-corrected chi connectivity index (χ0v) is 27.4. The smallest absolute Gasteiger partial charge is 0.264 e. The number of sulfonamides is 1. The molecular formula is C35H39N3O5S2. The summed E-state index contributed by atoms with van der Waals surface area (Å²) in [6, 6.07) is 31.1. The Morgan fingerprint density at radius 2 is 1.42 bits per heavy atom. The molecule has 0 spiro atoms. The van der Waals surface area contributed by atoms with Gasteiger partial charge < -0.3 is 15.0 Å². The minimum Gasteiger partial charge on any atom is -0.494 e. The molecule has 0 bridgehead atoms. The van der Waals surface area contributed by atoms with E-state index in [1.54, 1.807) is 48.5 Å². The number of nitrogens with one attached hydrogen (secondary N) is 1. The molecule has 1 N–H and O–H groups in total. The highest BCUT2D eigenvalue weighted by Gasteiger charge is 2.34. The van der Waals surface area contributed by atoms with Crippen molar-refractivity contribution in [2.24, 2.45) is 0 Å². The van der Waals surface area contributed by atoms with Gasteiger partial charge in [0, 0.05) is 24.4 Å². The molecule has 8 nitrogen and oxygen atoms in total. The monoisotopic (exact) mass is 645 g/mol. The number of anilines is 1. The van der Waals surface area contributed by atoms with Crippen molar-refractivity contribution in [2.45, 2.75) is 42.6 Å². The average Bonchev–Trinajstić information content (AvgIpc) is 3.06. The summed E-state index contributed by atoms with van der Waals surface area (Å²) in [5.41, 5.74) is 2.00. The van der Waals surface area contributed by atoms with Crippen LogP contribution >= 0.6 is 11.8 Å². The van der Waals surface area contributed by atoms with Crippen LogP contribution in [-0.2, 0) is 32.6 Å². The normalized spacial score (nSPS) is 11.8. The molecule has 2 amide bonds. The first kappa shape index (κ1) is 33.6. The summed E-state index contributed by atoms with van der Waals surface area (Å²) in [7, 11) is -4.19. The number of hydrogen-bond acceptors (Lipinski definition) is 6. The third kappa shape index (κ3) is 8.89. The van der Waals surface area contributed by atoms with Crippen LogP contribution in [0.4, 0.5) is 5.69 Å². The van der Waals surface area contributed by atoms with Gasteiger partial charge in [0.05, 0.1) is 17.2 Å². The number of hydrogen-bond donors (Lipinski definition) is 1. The van der Waals surface area contributed by atoms with E-state index in [9.17, 15) is 18.0 Å². The Morgan fingerprint density at radius 3 is 1.98 bits per heavy atom. The van der Waals surface area contributed by atoms with Gasteiger partial charge in [-0.25, -0.2) is 8.42 Å². The average molecular weight is 646 g/mol. The van der Waals surface area contributed by atoms with Crippen molar-refractivity contribution >= 4 is 39.3 Å². The van der Waals surface area contributed by atoms with Crippen molar-refractivity contribution in [2.75, 3.05) is 30.3 Å². The maximum Gasteiger partial charge on any atom is 0.264 e. The van der Waals surface area contributed by atoms with Gasteiger partial charge in [0.15, 0.2) is 0 Å². The molecule has 0 aliphatic carbocycles. The Hall–Kier alpha value is -4.28. The molecule has 0 aliphatic rings. The highest BCUT2D eigenvalue weighted by atomic mass is 32.2. The second-order valence-corrected chi connectivity index (χ2v) is 13.0. The lowest BCUT2D eigenvalue weighted by atomic mass is 10.0. The van der Waals surface area contributed by atoms with E-state index in [1.165, 1.54) is 16.7 Å². The van der Waals surface area contributed by atoms with Crippen molar-refractivity contribution in [3.05, 3.63) is 120 Å². The Bertz CT molecular complexity index is 1630. The maximum absolute atomic E-state index is 14.4. The van der Waals surface area contributed by atoms with Crippen LogP contribution in [0, 0.1) is 0 Å². The third-order valence-corrected chi connectivity index (χ3v) is 9.71. The van der Waals surface area contributed by atoms with Gasteiger partial charge in [-0.2, -0.15) is 0 Å². The number of benzene rings is 4. The number of ether oxygens (including phenoxy) is 1. The lowest BCUT2D eigenvalue weighted by molar-refractivity contribution is -0.140. The van der Waals surface area contributed by atoms with Crippen molar-refractivity contribution < 1.29 is 22.7 Å². The number of thioether (sulfide) groups is 1. The molecule has 236 valence electrons. The molecule has 0 radical (unpaired) electrons. The molecule has 4 rings (SSSR count). The van der Waals surface area contributed by atoms with Crippen LogP contribution in [0.5, 0.6) is 5.75 Å². The SMILES string of the molecule is CCNC(=O)C(Cc1ccccc1)N(Cc1ccccc1)C(=O)CN(c1ccc(OCC)cc1)S(=O)(=O)c1ccc(SC)cc1. The van der Waals surface area contributed by atoms with Gasteiger partial charge in [-0.05, 0) is 79.8 Å². The Kier molecular flexibility index (Phi) is 12.1. The van der Waals surface area contributed by atoms with Gasteiger partial charge in [-0.1, -0.05) is 60.7 Å². The molecule has 0 saturated heterocycles. The lowest BCUT2D eigenvalue weighted by Gasteiger charge is -2.33. The molecule has 45 heavy (non-hydrogen) atoms. The largest absolute Gasteiger partial charge is 0.494 e. The van der Waals surface area contributed by atoms with E-state index in [-0.39, 0.29) is 23.8 Å². The van der Waals surface area contributed by atoms with Gasteiger partial charge in [-0.15, -0.1) is 11.8 Å². The topological polar surface area (TPSA) is 96.0 Å². The van der Waals surface area contributed by atoms with Gasteiger partial charge in [0.1, 0.15) is 18.3 Å². The van der Waals surface area contributed by atoms with E-state index in [1.807, 2.05) is 80.8 Å². The van der Waals surface area contributed by atoms with Crippen molar-refractivity contribution in [1.82, 2.24) is 10.2 Å². The Labute approximate surface area is 270 Å². The van der Waals surface area contributed by atoms with E-state index in [0.29, 0.717) is 24.6 Å². The molecule has 1 unspecified atom stereocenters.